The first-order valence-electron chi connectivity index (χ1n) is 38.8. The Hall–Kier alpha value is -6.51. The molecule has 4 saturated heterocycles. The van der Waals surface area contributed by atoms with Crippen LogP contribution in [0, 0.1) is 0 Å². The minimum atomic E-state index is -1.76. The van der Waals surface area contributed by atoms with Gasteiger partial charge < -0.3 is 165 Å². The van der Waals surface area contributed by atoms with Gasteiger partial charge in [0.2, 0.25) is 41.4 Å². The number of aliphatic hydroxyl groups is 16. The molecule has 0 unspecified atom stereocenters. The highest BCUT2D eigenvalue weighted by Gasteiger charge is 2.48. The van der Waals surface area contributed by atoms with Gasteiger partial charge in [0.15, 0.2) is 25.2 Å². The van der Waals surface area contributed by atoms with E-state index in [9.17, 15) is 125 Å². The molecule has 4 fully saturated rings. The molecule has 0 saturated carbocycles. The third-order valence-corrected chi connectivity index (χ3v) is 19.2. The second kappa shape index (κ2) is 51.7. The summed E-state index contributed by atoms with van der Waals surface area (Å²) in [5, 5.41) is 175. The van der Waals surface area contributed by atoms with E-state index in [1.54, 1.807) is 20.8 Å². The second-order valence-corrected chi connectivity index (χ2v) is 29.3. The zero-order valence-corrected chi connectivity index (χ0v) is 65.0. The first-order valence-corrected chi connectivity index (χ1v) is 38.8. The second-order valence-electron chi connectivity index (χ2n) is 29.3. The molecule has 0 aliphatic carbocycles. The lowest BCUT2D eigenvalue weighted by molar-refractivity contribution is -0.303. The number of benzene rings is 1. The molecule has 42 nitrogen and oxygen atoms in total. The van der Waals surface area contributed by atoms with Crippen LogP contribution in [0.4, 0.5) is 0 Å². The van der Waals surface area contributed by atoms with Crippen LogP contribution in [0.2, 0.25) is 0 Å². The smallest absolute Gasteiger partial charge is 0.329 e. The average Bonchev–Trinajstić information content (AvgIpc) is 0.833. The van der Waals surface area contributed by atoms with Gasteiger partial charge >= 0.3 is 11.9 Å². The minimum Gasteiger partial charge on any atom is -0.461 e. The van der Waals surface area contributed by atoms with Crippen molar-refractivity contribution >= 4 is 53.3 Å². The largest absolute Gasteiger partial charge is 0.461 e. The lowest BCUT2D eigenvalue weighted by atomic mass is 9.99. The molecule has 4 aliphatic rings. The number of unbranched alkanes of at least 4 members (excludes halogenated alkanes) is 5. The summed E-state index contributed by atoms with van der Waals surface area (Å²) >= 11 is 0. The number of esters is 2. The molecular weight excluding hydrogens is 1530 g/mol. The molecule has 5 rings (SSSR count). The van der Waals surface area contributed by atoms with Crippen LogP contribution >= 0.6 is 0 Å². The maximum Gasteiger partial charge on any atom is 0.329 e. The Morgan fingerprint density at radius 2 is 0.774 bits per heavy atom. The molecule has 42 heteroatoms. The first kappa shape index (κ1) is 99.1. The van der Waals surface area contributed by atoms with E-state index in [-0.39, 0.29) is 143 Å². The van der Waals surface area contributed by atoms with Crippen LogP contribution in [0.1, 0.15) is 129 Å². The zero-order valence-electron chi connectivity index (χ0n) is 65.0. The highest BCUT2D eigenvalue weighted by Crippen LogP contribution is 2.27. The van der Waals surface area contributed by atoms with Crippen molar-refractivity contribution in [3.8, 4) is 0 Å². The summed E-state index contributed by atoms with van der Waals surface area (Å²) < 4.78 is 54.9. The number of nitrogens with zero attached hydrogens (tertiary/aromatic N) is 2. The van der Waals surface area contributed by atoms with E-state index in [1.165, 1.54) is 9.80 Å². The number of hydrogen-bond donors (Lipinski definition) is 21. The summed E-state index contributed by atoms with van der Waals surface area (Å²) in [6, 6.07) is 6.24. The summed E-state index contributed by atoms with van der Waals surface area (Å²) in [6.07, 6.45) is -31.2. The SMILES string of the molecule is CC(C)(C)OC(=O)[C@H](CCC(=O)N[C@@H](CCC(=O)NCCCCCC(=O)N(CCO[C@H]1O[C@H](CO)[C@@H](O)[C@H](O)[C@@H]1O)CCO[C@H]1O[C@H](CO)[C@@H](O)[C@H](O)[C@@H]1O)C(=O)NCCCCCC(=O)N(CCO[C@H]1O[C@H](CO)[C@@H](O)[C@H](O)[C@@H]1O)CCO[C@H]1O[C@H](CO)[C@@H](O)[C@H](O)[C@@H]1O)NC(=O)CNC(=O)CCCCC(=O)OCc1ccccc1. The van der Waals surface area contributed by atoms with E-state index in [0.717, 1.165) is 5.56 Å². The highest BCUT2D eigenvalue weighted by molar-refractivity contribution is 5.90. The summed E-state index contributed by atoms with van der Waals surface area (Å²) in [6.45, 7) is -0.677. The van der Waals surface area contributed by atoms with Gasteiger partial charge in [0.1, 0.15) is 122 Å². The van der Waals surface area contributed by atoms with Gasteiger partial charge in [-0.1, -0.05) is 43.2 Å². The number of amides is 7. The van der Waals surface area contributed by atoms with E-state index >= 15 is 0 Å². The van der Waals surface area contributed by atoms with Gasteiger partial charge in [0.25, 0.3) is 0 Å². The van der Waals surface area contributed by atoms with Crippen molar-refractivity contribution in [2.45, 2.75) is 271 Å². The van der Waals surface area contributed by atoms with Crippen LogP contribution in [-0.2, 0) is 97.1 Å². The summed E-state index contributed by atoms with van der Waals surface area (Å²) in [7, 11) is 0. The third-order valence-electron chi connectivity index (χ3n) is 19.2. The maximum absolute atomic E-state index is 14.0. The molecule has 1 aromatic carbocycles. The van der Waals surface area contributed by atoms with Gasteiger partial charge in [0, 0.05) is 77.8 Å². The summed E-state index contributed by atoms with van der Waals surface area (Å²) in [4.78, 5) is 123. The summed E-state index contributed by atoms with van der Waals surface area (Å²) in [5.41, 5.74) is -0.251. The van der Waals surface area contributed by atoms with Crippen LogP contribution < -0.4 is 26.6 Å². The van der Waals surface area contributed by atoms with Crippen molar-refractivity contribution in [2.75, 3.05) is 98.7 Å². The molecular formula is C73H121N7O35. The normalized spacial score (nSPS) is 28.1. The van der Waals surface area contributed by atoms with E-state index in [4.69, 9.17) is 47.4 Å². The van der Waals surface area contributed by atoms with Crippen molar-refractivity contribution < 1.29 is 172 Å². The fraction of sp³-hybridized carbons (Fsp3) is 0.795. The van der Waals surface area contributed by atoms with Crippen LogP contribution in [0.25, 0.3) is 0 Å². The fourth-order valence-electron chi connectivity index (χ4n) is 12.4. The topological polar surface area (TPSA) is 636 Å². The number of ether oxygens (including phenoxy) is 10. The lowest BCUT2D eigenvalue weighted by Crippen LogP contribution is -2.59. The molecule has 0 radical (unpaired) electrons. The predicted octanol–water partition coefficient (Wildman–Crippen LogP) is -8.45. The maximum atomic E-state index is 14.0. The molecule has 7 amide bonds. The molecule has 4 aliphatic heterocycles. The Morgan fingerprint density at radius 1 is 0.409 bits per heavy atom. The monoisotopic (exact) mass is 1660 g/mol. The van der Waals surface area contributed by atoms with Crippen molar-refractivity contribution in [3.05, 3.63) is 35.9 Å². The standard InChI is InChI=1S/C73H121N7O35/c1-73(2,3)115-68(105)43(78-51(88)35-76-48(85)17-11-12-20-54(91)110-40-41-15-7-4-8-16-41)22-24-50(87)77-42(67(104)75-26-14-6-10-19-53(90)80(29-33-108-71-65(102)61(98)57(94)46(38-83)113-71)30-34-109-72-66(103)62(99)58(95)47(39-84)114-72)21-23-49(86)74-25-13-5-9-18-52(89)79(27-31-106-69-63(100)59(96)55(92)44(36-81)111-69)28-32-107-70-64(101)60(97)56(93)45(37-82)112-70/h4,7-8,15-16,42-47,55-66,69-72,81-84,92-103H,5-6,9-14,17-40H2,1-3H3,(H,74,86)(H,75,104)(H,76,85)(H,77,87)(H,78,88)/t42-,43-,44+,45+,46+,47+,55+,56+,57+,58+,59-,60-,61-,62-,63-,64-,65-,66-,69-,70-,71-,72-/m0/s1. The summed E-state index contributed by atoms with van der Waals surface area (Å²) in [5.74, 6) is -5.73. The number of hydrogen-bond acceptors (Lipinski definition) is 35. The molecule has 0 bridgehead atoms. The molecule has 1 aromatic rings. The van der Waals surface area contributed by atoms with E-state index in [2.05, 4.69) is 26.6 Å². The Bertz CT molecular complexity index is 2990. The Balaban J connectivity index is 1.18. The third kappa shape index (κ3) is 34.0. The van der Waals surface area contributed by atoms with Gasteiger partial charge in [0.05, 0.1) is 59.4 Å². The van der Waals surface area contributed by atoms with E-state index in [1.807, 2.05) is 30.3 Å². The number of nitrogens with one attached hydrogen (secondary N) is 5. The molecule has 21 N–H and O–H groups in total. The Kier molecular flexibility index (Phi) is 44.6. The van der Waals surface area contributed by atoms with Crippen molar-refractivity contribution in [1.82, 2.24) is 36.4 Å². The number of aliphatic hydroxyl groups excluding tert-OH is 16. The van der Waals surface area contributed by atoms with Gasteiger partial charge in [-0.15, -0.1) is 0 Å². The van der Waals surface area contributed by atoms with Crippen molar-refractivity contribution in [3.63, 3.8) is 0 Å². The quantitative estimate of drug-likeness (QED) is 0.0213. The number of carbonyl (C=O) groups is 9. The molecule has 658 valence electrons. The molecule has 22 atom stereocenters. The number of carbonyl (C=O) groups excluding carboxylic acids is 9. The molecule has 4 heterocycles. The predicted molar refractivity (Wildman–Crippen MR) is 391 cm³/mol. The van der Waals surface area contributed by atoms with Gasteiger partial charge in [-0.25, -0.2) is 4.79 Å². The average molecular weight is 1660 g/mol. The van der Waals surface area contributed by atoms with Crippen LogP contribution in [0.3, 0.4) is 0 Å². The minimum absolute atomic E-state index is 0.0194. The van der Waals surface area contributed by atoms with Gasteiger partial charge in [-0.2, -0.15) is 0 Å². The van der Waals surface area contributed by atoms with Gasteiger partial charge in [-0.05, 0) is 77.7 Å². The highest BCUT2D eigenvalue weighted by atomic mass is 16.7. The number of rotatable bonds is 51. The molecule has 0 aromatic heterocycles. The Morgan fingerprint density at radius 3 is 1.18 bits per heavy atom. The first-order chi connectivity index (χ1) is 54.7. The van der Waals surface area contributed by atoms with E-state index < -0.39 is 233 Å². The Labute approximate surface area is 664 Å². The molecule has 115 heavy (non-hydrogen) atoms. The lowest BCUT2D eigenvalue weighted by Gasteiger charge is -2.40. The van der Waals surface area contributed by atoms with E-state index in [0.29, 0.717) is 25.7 Å². The van der Waals surface area contributed by atoms with Crippen LogP contribution in [0.5, 0.6) is 0 Å². The molecule has 0 spiro atoms. The fourth-order valence-corrected chi connectivity index (χ4v) is 12.4. The van der Waals surface area contributed by atoms with Gasteiger partial charge in [-0.3, -0.25) is 38.4 Å². The zero-order chi connectivity index (χ0) is 84.9. The van der Waals surface area contributed by atoms with Crippen molar-refractivity contribution in [2.24, 2.45) is 0 Å². The van der Waals surface area contributed by atoms with Crippen molar-refractivity contribution in [1.29, 1.82) is 0 Å². The van der Waals surface area contributed by atoms with Crippen LogP contribution in [-0.4, -0.2) is 384 Å². The van der Waals surface area contributed by atoms with Crippen LogP contribution in [0.15, 0.2) is 30.3 Å².